The van der Waals surface area contributed by atoms with E-state index in [9.17, 15) is 18.0 Å². The van der Waals surface area contributed by atoms with Crippen molar-refractivity contribution in [1.29, 1.82) is 0 Å². The van der Waals surface area contributed by atoms with Gasteiger partial charge in [0.15, 0.2) is 14.0 Å². The quantitative estimate of drug-likeness (QED) is 0.318. The zero-order chi connectivity index (χ0) is 23.9. The molecule has 3 heterocycles. The summed E-state index contributed by atoms with van der Waals surface area (Å²) in [5, 5.41) is 7.73. The van der Waals surface area contributed by atoms with E-state index in [2.05, 4.69) is 48.6 Å². The van der Waals surface area contributed by atoms with Gasteiger partial charge in [-0.25, -0.2) is 9.48 Å². The second-order valence-electron chi connectivity index (χ2n) is 9.23. The molecule has 1 saturated heterocycles. The van der Waals surface area contributed by atoms with Crippen molar-refractivity contribution in [3.8, 4) is 0 Å². The average Bonchev–Trinajstić information content (AvgIpc) is 3.23. The van der Waals surface area contributed by atoms with Crippen LogP contribution in [0, 0.1) is 0 Å². The van der Waals surface area contributed by atoms with E-state index in [0.29, 0.717) is 23.9 Å². The van der Waals surface area contributed by atoms with Gasteiger partial charge in [0, 0.05) is 19.3 Å². The Balaban J connectivity index is 1.59. The Morgan fingerprint density at radius 3 is 2.69 bits per heavy atom. The zero-order valence-corrected chi connectivity index (χ0v) is 20.5. The predicted octanol–water partition coefficient (Wildman–Crippen LogP) is 1.33. The number of urea groups is 1. The third-order valence-corrected chi connectivity index (χ3v) is 10.7. The van der Waals surface area contributed by atoms with Gasteiger partial charge in [-0.05, 0) is 30.3 Å². The van der Waals surface area contributed by atoms with E-state index < -0.39 is 30.8 Å². The maximum Gasteiger partial charge on any atom is 0.418 e. The first-order valence-corrected chi connectivity index (χ1v) is 14.4. The van der Waals surface area contributed by atoms with Gasteiger partial charge in [-0.3, -0.25) is 9.35 Å². The first-order chi connectivity index (χ1) is 14.7. The lowest BCUT2D eigenvalue weighted by Crippen LogP contribution is -2.42. The summed E-state index contributed by atoms with van der Waals surface area (Å²) in [6, 6.07) is 0.137. The predicted molar refractivity (Wildman–Crippen MR) is 117 cm³/mol. The fraction of sp³-hybridized carbons (Fsp3) is 0.611. The highest BCUT2D eigenvalue weighted by Gasteiger charge is 2.43. The Labute approximate surface area is 188 Å². The number of rotatable bonds is 8. The van der Waals surface area contributed by atoms with Crippen molar-refractivity contribution < 1.29 is 31.3 Å². The SMILES string of the molecule is CC(C)(C)[Si](C)(C)OCCNC(=O)c1ccn(C2=CC3CN(C2)C(=O)N3OS(=O)(=O)O)n1. The molecule has 1 aromatic rings. The summed E-state index contributed by atoms with van der Waals surface area (Å²) in [5.74, 6) is -0.352. The molecule has 3 amide bonds. The fourth-order valence-electron chi connectivity index (χ4n) is 3.10. The van der Waals surface area contributed by atoms with E-state index in [0.717, 1.165) is 0 Å². The van der Waals surface area contributed by atoms with Gasteiger partial charge < -0.3 is 14.6 Å². The molecule has 0 aromatic carbocycles. The molecule has 1 aromatic heterocycles. The third kappa shape index (κ3) is 5.37. The molecule has 2 aliphatic heterocycles. The van der Waals surface area contributed by atoms with Gasteiger partial charge in [0.25, 0.3) is 5.91 Å². The van der Waals surface area contributed by atoms with Gasteiger partial charge in [-0.2, -0.15) is 18.6 Å². The Hall–Kier alpha value is -2.26. The average molecular weight is 488 g/mol. The fourth-order valence-corrected chi connectivity index (χ4v) is 4.53. The number of nitrogens with one attached hydrogen (secondary N) is 1. The molecule has 0 saturated carbocycles. The number of aromatic nitrogens is 2. The lowest BCUT2D eigenvalue weighted by Gasteiger charge is -2.36. The first kappa shape index (κ1) is 24.4. The van der Waals surface area contributed by atoms with Crippen molar-refractivity contribution >= 4 is 36.4 Å². The van der Waals surface area contributed by atoms with Crippen molar-refractivity contribution in [1.82, 2.24) is 25.1 Å². The van der Waals surface area contributed by atoms with E-state index in [4.69, 9.17) is 8.98 Å². The molecular weight excluding hydrogens is 458 g/mol. The first-order valence-electron chi connectivity index (χ1n) is 10.1. The molecule has 2 aliphatic rings. The molecule has 2 bridgehead atoms. The molecule has 0 spiro atoms. The minimum atomic E-state index is -4.83. The Morgan fingerprint density at radius 1 is 1.38 bits per heavy atom. The minimum absolute atomic E-state index is 0.0856. The van der Waals surface area contributed by atoms with Crippen molar-refractivity contribution in [3.63, 3.8) is 0 Å². The molecule has 178 valence electrons. The zero-order valence-electron chi connectivity index (χ0n) is 18.7. The number of hydrogen-bond acceptors (Lipinski definition) is 7. The molecule has 12 nitrogen and oxygen atoms in total. The number of hydroxylamine groups is 2. The second-order valence-corrected chi connectivity index (χ2v) is 15.0. The van der Waals surface area contributed by atoms with Gasteiger partial charge in [0.1, 0.15) is 6.04 Å². The smallest absolute Gasteiger partial charge is 0.415 e. The summed E-state index contributed by atoms with van der Waals surface area (Å²) >= 11 is 0. The molecule has 32 heavy (non-hydrogen) atoms. The number of amides is 3. The van der Waals surface area contributed by atoms with Crippen LogP contribution in [0.4, 0.5) is 4.79 Å². The molecule has 3 rings (SSSR count). The van der Waals surface area contributed by atoms with Crippen LogP contribution < -0.4 is 5.32 Å². The highest BCUT2D eigenvalue weighted by molar-refractivity contribution is 7.80. The van der Waals surface area contributed by atoms with Crippen molar-refractivity contribution in [2.24, 2.45) is 0 Å². The Morgan fingerprint density at radius 2 is 2.06 bits per heavy atom. The van der Waals surface area contributed by atoms with Gasteiger partial charge in [-0.1, -0.05) is 20.8 Å². The molecule has 1 unspecified atom stereocenters. The maximum absolute atomic E-state index is 12.4. The van der Waals surface area contributed by atoms with E-state index in [1.165, 1.54) is 9.58 Å². The summed E-state index contributed by atoms with van der Waals surface area (Å²) in [7, 11) is -6.72. The van der Waals surface area contributed by atoms with Crippen LogP contribution in [0.15, 0.2) is 18.3 Å². The summed E-state index contributed by atoms with van der Waals surface area (Å²) in [6.45, 7) is 11.8. The standard InChI is InChI=1S/C18H29N5O7SSi/c1-18(2,3)32(4,5)29-9-7-19-16(24)15-6-8-22(20-15)13-10-14-12-21(11-13)17(25)23(14)30-31(26,27)28/h6,8,10,14H,7,9,11-12H2,1-5H3,(H,19,24)(H,26,27,28). The van der Waals surface area contributed by atoms with Gasteiger partial charge in [0.2, 0.25) is 0 Å². The summed E-state index contributed by atoms with van der Waals surface area (Å²) in [5.41, 5.74) is 0.764. The monoisotopic (exact) mass is 487 g/mol. The number of carbonyl (C=O) groups excluding carboxylic acids is 2. The lowest BCUT2D eigenvalue weighted by molar-refractivity contribution is -0.0183. The molecule has 1 atom stereocenters. The topological polar surface area (TPSA) is 143 Å². The van der Waals surface area contributed by atoms with Crippen LogP contribution >= 0.6 is 0 Å². The molecular formula is C18H29N5O7SSi. The normalized spacial score (nSPS) is 19.4. The molecule has 1 fully saturated rings. The van der Waals surface area contributed by atoms with Crippen LogP contribution in [-0.2, 0) is 19.1 Å². The molecule has 2 N–H and O–H groups in total. The Bertz CT molecular complexity index is 1030. The molecule has 14 heteroatoms. The van der Waals surface area contributed by atoms with E-state index in [-0.39, 0.29) is 29.7 Å². The van der Waals surface area contributed by atoms with E-state index >= 15 is 0 Å². The van der Waals surface area contributed by atoms with Crippen LogP contribution in [-0.4, -0.2) is 85.3 Å². The highest BCUT2D eigenvalue weighted by atomic mass is 32.3. The van der Waals surface area contributed by atoms with Crippen LogP contribution in [0.1, 0.15) is 31.3 Å². The number of nitrogens with zero attached hydrogens (tertiary/aromatic N) is 4. The Kier molecular flexibility index (Phi) is 6.54. The minimum Gasteiger partial charge on any atom is -0.415 e. The lowest BCUT2D eigenvalue weighted by atomic mass is 10.2. The van der Waals surface area contributed by atoms with Crippen LogP contribution in [0.5, 0.6) is 0 Å². The summed E-state index contributed by atoms with van der Waals surface area (Å²) in [4.78, 5) is 26.0. The number of hydrogen-bond donors (Lipinski definition) is 2. The second kappa shape index (κ2) is 8.59. The highest BCUT2D eigenvalue weighted by Crippen LogP contribution is 2.36. The van der Waals surface area contributed by atoms with Crippen molar-refractivity contribution in [2.45, 2.75) is 44.9 Å². The van der Waals surface area contributed by atoms with Crippen molar-refractivity contribution in [3.05, 3.63) is 24.0 Å². The molecule has 0 aliphatic carbocycles. The maximum atomic E-state index is 12.4. The van der Waals surface area contributed by atoms with Gasteiger partial charge in [-0.15, -0.1) is 4.28 Å². The third-order valence-electron chi connectivity index (χ3n) is 5.85. The van der Waals surface area contributed by atoms with Gasteiger partial charge in [0.05, 0.1) is 18.8 Å². The van der Waals surface area contributed by atoms with Crippen LogP contribution in [0.25, 0.3) is 5.70 Å². The van der Waals surface area contributed by atoms with Gasteiger partial charge >= 0.3 is 16.4 Å². The molecule has 0 radical (unpaired) electrons. The van der Waals surface area contributed by atoms with E-state index in [1.807, 2.05) is 0 Å². The van der Waals surface area contributed by atoms with Crippen molar-refractivity contribution in [2.75, 3.05) is 26.2 Å². The number of fused-ring (bicyclic) bond motifs is 2. The van der Waals surface area contributed by atoms with Crippen LogP contribution in [0.3, 0.4) is 0 Å². The van der Waals surface area contributed by atoms with E-state index in [1.54, 1.807) is 18.3 Å². The van der Waals surface area contributed by atoms with Crippen LogP contribution in [0.2, 0.25) is 18.1 Å². The summed E-state index contributed by atoms with van der Waals surface area (Å²) in [6.07, 6.45) is 3.19. The number of carbonyl (C=O) groups is 2. The summed E-state index contributed by atoms with van der Waals surface area (Å²) < 4.78 is 42.7. The largest absolute Gasteiger partial charge is 0.418 e.